The van der Waals surface area contributed by atoms with Gasteiger partial charge in [0.05, 0.1) is 0 Å². The van der Waals surface area contributed by atoms with Gasteiger partial charge in [-0.25, -0.2) is 0 Å². The van der Waals surface area contributed by atoms with E-state index in [9.17, 15) is 0 Å². The topological polar surface area (TPSA) is 31.6 Å². The molecule has 0 radical (unpaired) electrons. The van der Waals surface area contributed by atoms with Crippen LogP contribution in [-0.4, -0.2) is 20.5 Å². The minimum atomic E-state index is -0.375. The molecule has 0 fully saturated rings. The highest BCUT2D eigenvalue weighted by atomic mass is 79.9. The number of halogens is 1. The molecule has 0 bridgehead atoms. The summed E-state index contributed by atoms with van der Waals surface area (Å²) in [5.74, 6) is 0.801. The van der Waals surface area contributed by atoms with Gasteiger partial charge in [0.2, 0.25) is 0 Å². The van der Waals surface area contributed by atoms with Crippen molar-refractivity contribution in [2.45, 2.75) is 6.29 Å². The molecule has 0 saturated carbocycles. The Morgan fingerprint density at radius 3 is 2.38 bits per heavy atom. The predicted octanol–water partition coefficient (Wildman–Crippen LogP) is 4.60. The van der Waals surface area contributed by atoms with Crippen LogP contribution in [0.25, 0.3) is 17.2 Å². The van der Waals surface area contributed by atoms with E-state index in [0.717, 1.165) is 32.7 Å². The first kappa shape index (κ1) is 14.3. The number of hydrogen-bond donors (Lipinski definition) is 0. The van der Waals surface area contributed by atoms with Gasteiger partial charge in [0.15, 0.2) is 11.0 Å². The summed E-state index contributed by atoms with van der Waals surface area (Å²) in [5, 5.41) is 0. The molecule has 3 nitrogen and oxygen atoms in total. The second kappa shape index (κ2) is 6.02. The normalized spacial score (nSPS) is 15.6. The maximum absolute atomic E-state index is 5.56. The molecule has 108 valence electrons. The van der Waals surface area contributed by atoms with Gasteiger partial charge in [0.1, 0.15) is 5.76 Å². The Bertz CT molecular complexity index is 708. The number of hydrogen-bond acceptors (Lipinski definition) is 3. The molecule has 0 amide bonds. The van der Waals surface area contributed by atoms with Crippen molar-refractivity contribution in [3.63, 3.8) is 0 Å². The zero-order valence-corrected chi connectivity index (χ0v) is 13.4. The van der Waals surface area contributed by atoms with Crippen LogP contribution in [0.5, 0.6) is 0 Å². The molecule has 3 rings (SSSR count). The number of allylic oxidation sites excluding steroid dienone is 2. The first-order valence-corrected chi connectivity index (χ1v) is 7.36. The molecule has 1 aliphatic carbocycles. The molecular formula is C17H15BrO3. The fraction of sp³-hybridized carbons (Fsp3) is 0.176. The molecule has 0 atom stereocenters. The Hall–Kier alpha value is -1.62. The Balaban J connectivity index is 2.07. The molecule has 0 N–H and O–H groups in total. The zero-order valence-electron chi connectivity index (χ0n) is 11.8. The molecule has 0 saturated heterocycles. The lowest BCUT2D eigenvalue weighted by atomic mass is 10.0. The van der Waals surface area contributed by atoms with Crippen LogP contribution in [0.4, 0.5) is 0 Å². The fourth-order valence-electron chi connectivity index (χ4n) is 2.53. The summed E-state index contributed by atoms with van der Waals surface area (Å²) in [6.45, 7) is 0. The third-order valence-corrected chi connectivity index (χ3v) is 3.86. The average molecular weight is 347 g/mol. The number of methoxy groups -OCH3 is 2. The lowest BCUT2D eigenvalue weighted by Gasteiger charge is -2.15. The van der Waals surface area contributed by atoms with E-state index in [1.54, 1.807) is 14.2 Å². The summed E-state index contributed by atoms with van der Waals surface area (Å²) in [6.07, 6.45) is 3.72. The summed E-state index contributed by atoms with van der Waals surface area (Å²) in [4.78, 5) is 0. The van der Waals surface area contributed by atoms with Crippen LogP contribution in [0, 0.1) is 0 Å². The number of ether oxygens (including phenoxy) is 2. The monoisotopic (exact) mass is 346 g/mol. The Morgan fingerprint density at radius 1 is 1.05 bits per heavy atom. The molecule has 1 aromatic carbocycles. The van der Waals surface area contributed by atoms with E-state index >= 15 is 0 Å². The smallest absolute Gasteiger partial charge is 0.183 e. The van der Waals surface area contributed by atoms with Gasteiger partial charge in [-0.1, -0.05) is 24.3 Å². The number of benzene rings is 1. The molecule has 0 spiro atoms. The van der Waals surface area contributed by atoms with Crippen molar-refractivity contribution >= 4 is 33.2 Å². The van der Waals surface area contributed by atoms with E-state index in [0.29, 0.717) is 0 Å². The first-order valence-electron chi connectivity index (χ1n) is 6.57. The maximum Gasteiger partial charge on any atom is 0.183 e. The lowest BCUT2D eigenvalue weighted by Crippen LogP contribution is -2.14. The van der Waals surface area contributed by atoms with Gasteiger partial charge < -0.3 is 13.9 Å². The van der Waals surface area contributed by atoms with Crippen molar-refractivity contribution in [2.24, 2.45) is 0 Å². The van der Waals surface area contributed by atoms with Crippen molar-refractivity contribution < 1.29 is 13.9 Å². The number of furan rings is 1. The van der Waals surface area contributed by atoms with Crippen molar-refractivity contribution in [3.8, 4) is 0 Å². The molecule has 0 aliphatic heterocycles. The van der Waals surface area contributed by atoms with Gasteiger partial charge in [0, 0.05) is 19.8 Å². The van der Waals surface area contributed by atoms with Crippen LogP contribution in [-0.2, 0) is 9.47 Å². The summed E-state index contributed by atoms with van der Waals surface area (Å²) in [7, 11) is 3.28. The van der Waals surface area contributed by atoms with E-state index in [1.165, 1.54) is 0 Å². The van der Waals surface area contributed by atoms with Crippen LogP contribution < -0.4 is 0 Å². The van der Waals surface area contributed by atoms with Gasteiger partial charge in [-0.05, 0) is 56.9 Å². The van der Waals surface area contributed by atoms with Crippen LogP contribution in [0.15, 0.2) is 51.6 Å². The van der Waals surface area contributed by atoms with Gasteiger partial charge >= 0.3 is 0 Å². The maximum atomic E-state index is 5.56. The Morgan fingerprint density at radius 2 is 1.76 bits per heavy atom. The van der Waals surface area contributed by atoms with Crippen LogP contribution >= 0.6 is 15.9 Å². The third-order valence-electron chi connectivity index (χ3n) is 3.43. The number of fused-ring (bicyclic) bond motifs is 1. The summed E-state index contributed by atoms with van der Waals surface area (Å²) in [6, 6.07) is 12.0. The summed E-state index contributed by atoms with van der Waals surface area (Å²) in [5.41, 5.74) is 4.39. The first-order chi connectivity index (χ1) is 10.2. The van der Waals surface area contributed by atoms with Gasteiger partial charge in [-0.15, -0.1) is 0 Å². The minimum absolute atomic E-state index is 0.375. The third kappa shape index (κ3) is 2.75. The van der Waals surface area contributed by atoms with Gasteiger partial charge in [-0.3, -0.25) is 0 Å². The minimum Gasteiger partial charge on any atom is -0.450 e. The van der Waals surface area contributed by atoms with Crippen molar-refractivity contribution in [1.29, 1.82) is 0 Å². The van der Waals surface area contributed by atoms with E-state index in [-0.39, 0.29) is 6.29 Å². The Kier molecular flexibility index (Phi) is 4.10. The standard InChI is InChI=1S/C17H15BrO3/c1-19-17(20-2)15-10-11(9-12-7-8-16(18)21-12)13-5-3-4-6-14(13)15/h3-10,17H,1-2H3/b11-9+. The molecule has 4 heteroatoms. The van der Waals surface area contributed by atoms with Gasteiger partial charge in [-0.2, -0.15) is 0 Å². The average Bonchev–Trinajstić information content (AvgIpc) is 3.06. The van der Waals surface area contributed by atoms with Crippen LogP contribution in [0.1, 0.15) is 16.9 Å². The lowest BCUT2D eigenvalue weighted by molar-refractivity contribution is -0.0588. The zero-order chi connectivity index (χ0) is 14.8. The van der Waals surface area contributed by atoms with E-state index in [2.05, 4.69) is 34.1 Å². The van der Waals surface area contributed by atoms with E-state index in [1.807, 2.05) is 30.3 Å². The van der Waals surface area contributed by atoms with Gasteiger partial charge in [0.25, 0.3) is 0 Å². The highest BCUT2D eigenvalue weighted by molar-refractivity contribution is 9.10. The largest absolute Gasteiger partial charge is 0.450 e. The van der Waals surface area contributed by atoms with Crippen molar-refractivity contribution in [3.05, 3.63) is 64.0 Å². The van der Waals surface area contributed by atoms with Crippen LogP contribution in [0.2, 0.25) is 0 Å². The van der Waals surface area contributed by atoms with E-state index in [4.69, 9.17) is 13.9 Å². The summed E-state index contributed by atoms with van der Waals surface area (Å²) < 4.78 is 17.1. The van der Waals surface area contributed by atoms with Crippen LogP contribution in [0.3, 0.4) is 0 Å². The molecule has 1 aliphatic rings. The second-order valence-electron chi connectivity index (χ2n) is 4.69. The molecule has 21 heavy (non-hydrogen) atoms. The fourth-order valence-corrected chi connectivity index (χ4v) is 2.85. The Labute approximate surface area is 132 Å². The molecule has 1 heterocycles. The summed E-state index contributed by atoms with van der Waals surface area (Å²) >= 11 is 3.32. The number of rotatable bonds is 4. The molecule has 1 aromatic heterocycles. The SMILES string of the molecule is COC(OC)C1=C/C(=C\c2ccc(Br)o2)c2ccccc21. The second-order valence-corrected chi connectivity index (χ2v) is 5.47. The highest BCUT2D eigenvalue weighted by Gasteiger charge is 2.24. The highest BCUT2D eigenvalue weighted by Crippen LogP contribution is 2.39. The van der Waals surface area contributed by atoms with Crippen molar-refractivity contribution in [2.75, 3.05) is 14.2 Å². The molecular weight excluding hydrogens is 332 g/mol. The predicted molar refractivity (Wildman–Crippen MR) is 86.5 cm³/mol. The quantitative estimate of drug-likeness (QED) is 0.758. The molecule has 2 aromatic rings. The molecule has 0 unspecified atom stereocenters. The van der Waals surface area contributed by atoms with Crippen molar-refractivity contribution in [1.82, 2.24) is 0 Å². The van der Waals surface area contributed by atoms with E-state index < -0.39 is 0 Å².